The average molecular weight is 384 g/mol. The fourth-order valence-electron chi connectivity index (χ4n) is 2.59. The third-order valence-electron chi connectivity index (χ3n) is 4.05. The molecule has 0 saturated heterocycles. The van der Waals surface area contributed by atoms with Gasteiger partial charge < -0.3 is 9.47 Å². The van der Waals surface area contributed by atoms with Crippen molar-refractivity contribution in [3.8, 4) is 22.6 Å². The van der Waals surface area contributed by atoms with E-state index in [4.69, 9.17) is 26.3 Å². The molecule has 0 fully saturated rings. The van der Waals surface area contributed by atoms with Gasteiger partial charge in [0.2, 0.25) is 0 Å². The van der Waals surface area contributed by atoms with E-state index in [2.05, 4.69) is 0 Å². The van der Waals surface area contributed by atoms with Crippen LogP contribution in [0.2, 0.25) is 5.02 Å². The van der Waals surface area contributed by atoms with Crippen molar-refractivity contribution >= 4 is 17.5 Å². The van der Waals surface area contributed by atoms with Crippen LogP contribution in [-0.2, 0) is 6.61 Å². The van der Waals surface area contributed by atoms with Gasteiger partial charge in [-0.2, -0.15) is 0 Å². The van der Waals surface area contributed by atoms with Crippen LogP contribution in [-0.4, -0.2) is 18.2 Å². The molecule has 3 aromatic rings. The first-order valence-electron chi connectivity index (χ1n) is 8.21. The van der Waals surface area contributed by atoms with Crippen LogP contribution >= 0.6 is 11.6 Å². The van der Waals surface area contributed by atoms with Crippen molar-refractivity contribution in [3.05, 3.63) is 82.9 Å². The third-order valence-corrected chi connectivity index (χ3v) is 4.31. The van der Waals surface area contributed by atoms with Crippen molar-refractivity contribution in [1.82, 2.24) is 5.48 Å². The number of carbonyl (C=O) groups excluding carboxylic acids is 1. The highest BCUT2D eigenvalue weighted by Crippen LogP contribution is 2.29. The maximum atomic E-state index is 11.6. The number of amides is 1. The van der Waals surface area contributed by atoms with Crippen LogP contribution in [0.25, 0.3) is 11.1 Å². The minimum absolute atomic E-state index is 0.270. The number of carbonyl (C=O) groups is 1. The molecule has 3 rings (SSSR count). The lowest BCUT2D eigenvalue weighted by molar-refractivity contribution is 0.0706. The number of halogens is 1. The lowest BCUT2D eigenvalue weighted by atomic mass is 10.0. The Morgan fingerprint density at radius 2 is 1.59 bits per heavy atom. The molecule has 0 bridgehead atoms. The molecule has 0 aromatic heterocycles. The number of benzene rings is 3. The standard InChI is InChI=1S/C21H18ClNO4/c1-26-19-11-8-17(21(24)23-25)12-20(19)27-13-14-2-4-15(5-3-14)16-6-9-18(22)10-7-16/h2-12,25H,13H2,1H3,(H,23,24). The van der Waals surface area contributed by atoms with Gasteiger partial charge in [-0.15, -0.1) is 0 Å². The predicted octanol–water partition coefficient (Wildman–Crippen LogP) is 4.71. The van der Waals surface area contributed by atoms with Crippen LogP contribution in [0.3, 0.4) is 0 Å². The predicted molar refractivity (Wildman–Crippen MR) is 103 cm³/mol. The smallest absolute Gasteiger partial charge is 0.274 e. The maximum Gasteiger partial charge on any atom is 0.274 e. The summed E-state index contributed by atoms with van der Waals surface area (Å²) in [6.07, 6.45) is 0. The highest BCUT2D eigenvalue weighted by atomic mass is 35.5. The normalized spacial score (nSPS) is 10.3. The number of nitrogens with one attached hydrogen (secondary N) is 1. The van der Waals surface area contributed by atoms with Gasteiger partial charge in [-0.1, -0.05) is 48.0 Å². The molecule has 0 aliphatic carbocycles. The topological polar surface area (TPSA) is 67.8 Å². The van der Waals surface area contributed by atoms with Gasteiger partial charge in [-0.05, 0) is 47.0 Å². The summed E-state index contributed by atoms with van der Waals surface area (Å²) in [5.74, 6) is 0.303. The van der Waals surface area contributed by atoms with Crippen molar-refractivity contribution < 1.29 is 19.5 Å². The molecule has 0 heterocycles. The van der Waals surface area contributed by atoms with E-state index in [-0.39, 0.29) is 5.56 Å². The molecule has 0 spiro atoms. The fourth-order valence-corrected chi connectivity index (χ4v) is 2.72. The monoisotopic (exact) mass is 383 g/mol. The zero-order valence-corrected chi connectivity index (χ0v) is 15.4. The number of hydrogen-bond acceptors (Lipinski definition) is 4. The molecule has 3 aromatic carbocycles. The molecular formula is C21H18ClNO4. The summed E-state index contributed by atoms with van der Waals surface area (Å²) in [5, 5.41) is 9.47. The summed E-state index contributed by atoms with van der Waals surface area (Å²) >= 11 is 5.92. The fraction of sp³-hybridized carbons (Fsp3) is 0.0952. The zero-order chi connectivity index (χ0) is 19.2. The summed E-state index contributed by atoms with van der Waals surface area (Å²) in [6.45, 7) is 0.307. The second-order valence-electron chi connectivity index (χ2n) is 5.80. The molecule has 2 N–H and O–H groups in total. The molecule has 27 heavy (non-hydrogen) atoms. The molecule has 0 atom stereocenters. The van der Waals surface area contributed by atoms with E-state index in [0.717, 1.165) is 16.7 Å². The van der Waals surface area contributed by atoms with Crippen molar-refractivity contribution in [2.75, 3.05) is 7.11 Å². The number of rotatable bonds is 6. The lowest BCUT2D eigenvalue weighted by Gasteiger charge is -2.12. The molecule has 138 valence electrons. The minimum Gasteiger partial charge on any atom is -0.493 e. The molecule has 0 saturated carbocycles. The van der Waals surface area contributed by atoms with Gasteiger partial charge in [0.25, 0.3) is 5.91 Å². The lowest BCUT2D eigenvalue weighted by Crippen LogP contribution is -2.18. The van der Waals surface area contributed by atoms with Gasteiger partial charge in [0.1, 0.15) is 6.61 Å². The summed E-state index contributed by atoms with van der Waals surface area (Å²) in [4.78, 5) is 11.6. The van der Waals surface area contributed by atoms with E-state index in [0.29, 0.717) is 23.1 Å². The summed E-state index contributed by atoms with van der Waals surface area (Å²) in [7, 11) is 1.52. The SMILES string of the molecule is COc1ccc(C(=O)NO)cc1OCc1ccc(-c2ccc(Cl)cc2)cc1. The van der Waals surface area contributed by atoms with Crippen molar-refractivity contribution in [2.45, 2.75) is 6.61 Å². The molecular weight excluding hydrogens is 366 g/mol. The Kier molecular flexibility index (Phi) is 5.96. The van der Waals surface area contributed by atoms with Gasteiger partial charge >= 0.3 is 0 Å². The Hall–Kier alpha value is -3.02. The van der Waals surface area contributed by atoms with Crippen molar-refractivity contribution in [2.24, 2.45) is 0 Å². The maximum absolute atomic E-state index is 11.6. The molecule has 0 aliphatic rings. The number of hydrogen-bond donors (Lipinski definition) is 2. The van der Waals surface area contributed by atoms with Crippen molar-refractivity contribution in [1.29, 1.82) is 0 Å². The molecule has 0 unspecified atom stereocenters. The number of hydroxylamine groups is 1. The summed E-state index contributed by atoms with van der Waals surface area (Å²) < 4.78 is 11.1. The second-order valence-corrected chi connectivity index (χ2v) is 6.24. The van der Waals surface area contributed by atoms with Crippen LogP contribution in [0.5, 0.6) is 11.5 Å². The molecule has 0 aliphatic heterocycles. The first-order valence-corrected chi connectivity index (χ1v) is 8.58. The highest BCUT2D eigenvalue weighted by Gasteiger charge is 2.11. The Morgan fingerprint density at radius 1 is 0.963 bits per heavy atom. The summed E-state index contributed by atoms with van der Waals surface area (Å²) in [5.41, 5.74) is 4.99. The third kappa shape index (κ3) is 4.58. The van der Waals surface area contributed by atoms with E-state index in [1.54, 1.807) is 11.5 Å². The van der Waals surface area contributed by atoms with Crippen LogP contribution < -0.4 is 15.0 Å². The number of ether oxygens (including phenoxy) is 2. The first-order chi connectivity index (χ1) is 13.1. The Morgan fingerprint density at radius 3 is 2.19 bits per heavy atom. The first kappa shape index (κ1) is 18.8. The molecule has 5 nitrogen and oxygen atoms in total. The van der Waals surface area contributed by atoms with E-state index in [1.807, 2.05) is 48.5 Å². The van der Waals surface area contributed by atoms with Crippen LogP contribution in [0.1, 0.15) is 15.9 Å². The second kappa shape index (κ2) is 8.58. The Labute approximate surface area is 162 Å². The highest BCUT2D eigenvalue weighted by molar-refractivity contribution is 6.30. The van der Waals surface area contributed by atoms with E-state index in [1.165, 1.54) is 19.2 Å². The van der Waals surface area contributed by atoms with Crippen molar-refractivity contribution in [3.63, 3.8) is 0 Å². The number of methoxy groups -OCH3 is 1. The van der Waals surface area contributed by atoms with Crippen LogP contribution in [0.4, 0.5) is 0 Å². The largest absolute Gasteiger partial charge is 0.493 e. The van der Waals surface area contributed by atoms with Crippen LogP contribution in [0.15, 0.2) is 66.7 Å². The van der Waals surface area contributed by atoms with Gasteiger partial charge in [-0.25, -0.2) is 5.48 Å². The van der Waals surface area contributed by atoms with Gasteiger partial charge in [-0.3, -0.25) is 10.0 Å². The average Bonchev–Trinajstić information content (AvgIpc) is 2.72. The van der Waals surface area contributed by atoms with E-state index < -0.39 is 5.91 Å². The van der Waals surface area contributed by atoms with Gasteiger partial charge in [0.05, 0.1) is 7.11 Å². The van der Waals surface area contributed by atoms with E-state index >= 15 is 0 Å². The Bertz CT molecular complexity index is 924. The summed E-state index contributed by atoms with van der Waals surface area (Å²) in [6, 6.07) is 20.3. The minimum atomic E-state index is -0.616. The molecule has 1 amide bonds. The molecule has 0 radical (unpaired) electrons. The van der Waals surface area contributed by atoms with Crippen LogP contribution in [0, 0.1) is 0 Å². The van der Waals surface area contributed by atoms with Gasteiger partial charge in [0, 0.05) is 10.6 Å². The quantitative estimate of drug-likeness (QED) is 0.477. The molecule has 6 heteroatoms. The van der Waals surface area contributed by atoms with E-state index in [9.17, 15) is 4.79 Å². The Balaban J connectivity index is 1.73. The zero-order valence-electron chi connectivity index (χ0n) is 14.6. The van der Waals surface area contributed by atoms with Gasteiger partial charge in [0.15, 0.2) is 11.5 Å².